The summed E-state index contributed by atoms with van der Waals surface area (Å²) in [5, 5.41) is 0.221. The highest BCUT2D eigenvalue weighted by Crippen LogP contribution is 2.45. The third kappa shape index (κ3) is 6.10. The number of halogens is 2. The zero-order valence-electron chi connectivity index (χ0n) is 20.1. The molecule has 1 saturated carbocycles. The van der Waals surface area contributed by atoms with Gasteiger partial charge in [0.25, 0.3) is 5.91 Å². The lowest BCUT2D eigenvalue weighted by atomic mass is 9.90. The minimum absolute atomic E-state index is 0.0592. The molecule has 0 atom stereocenters. The van der Waals surface area contributed by atoms with Gasteiger partial charge in [-0.15, -0.1) is 11.3 Å². The van der Waals surface area contributed by atoms with E-state index >= 15 is 0 Å². The number of amides is 1. The maximum atomic E-state index is 14.1. The first-order valence-electron chi connectivity index (χ1n) is 12.1. The average molecular weight is 551 g/mol. The van der Waals surface area contributed by atoms with E-state index in [9.17, 15) is 14.4 Å². The van der Waals surface area contributed by atoms with Gasteiger partial charge in [-0.1, -0.05) is 29.3 Å². The number of carbonyl (C=O) groups excluding carboxylic acids is 3. The Labute approximate surface area is 224 Å². The molecule has 0 unspecified atom stereocenters. The minimum atomic E-state index is -0.460. The van der Waals surface area contributed by atoms with Gasteiger partial charge in [0.15, 0.2) is 0 Å². The molecule has 1 amide bonds. The second-order valence-electron chi connectivity index (χ2n) is 8.94. The Hall–Kier alpha value is -2.42. The van der Waals surface area contributed by atoms with E-state index in [0.29, 0.717) is 34.6 Å². The summed E-state index contributed by atoms with van der Waals surface area (Å²) < 4.78 is 10.8. The number of nitrogens with zero attached hydrogens (tertiary/aromatic N) is 2. The third-order valence-electron chi connectivity index (χ3n) is 6.51. The predicted molar refractivity (Wildman–Crippen MR) is 139 cm³/mol. The Morgan fingerprint density at radius 1 is 1.11 bits per heavy atom. The van der Waals surface area contributed by atoms with Gasteiger partial charge in [0, 0.05) is 28.4 Å². The van der Waals surface area contributed by atoms with Gasteiger partial charge in [-0.25, -0.2) is 4.79 Å². The molecule has 7 nitrogen and oxygen atoms in total. The van der Waals surface area contributed by atoms with Crippen molar-refractivity contribution in [1.82, 2.24) is 4.98 Å². The van der Waals surface area contributed by atoms with E-state index < -0.39 is 11.9 Å². The Morgan fingerprint density at radius 3 is 2.50 bits per heavy atom. The lowest BCUT2D eigenvalue weighted by Gasteiger charge is -2.27. The van der Waals surface area contributed by atoms with Crippen LogP contribution in [0.5, 0.6) is 0 Å². The number of esters is 2. The van der Waals surface area contributed by atoms with Crippen molar-refractivity contribution in [3.05, 3.63) is 55.5 Å². The van der Waals surface area contributed by atoms with Crippen LogP contribution < -0.4 is 4.90 Å². The molecule has 0 aromatic carbocycles. The van der Waals surface area contributed by atoms with Crippen LogP contribution in [0.3, 0.4) is 0 Å². The number of methoxy groups -OCH3 is 1. The fraction of sp³-hybridized carbons (Fsp3) is 0.462. The van der Waals surface area contributed by atoms with Crippen molar-refractivity contribution in [1.29, 1.82) is 0 Å². The quantitative estimate of drug-likeness (QED) is 0.371. The van der Waals surface area contributed by atoms with Crippen LogP contribution in [0.4, 0.5) is 5.69 Å². The molecule has 1 fully saturated rings. The predicted octanol–water partition coefficient (Wildman–Crippen LogP) is 6.06. The van der Waals surface area contributed by atoms with Crippen LogP contribution in [-0.2, 0) is 36.8 Å². The topological polar surface area (TPSA) is 85.8 Å². The average Bonchev–Trinajstić information content (AvgIpc) is 3.50. The van der Waals surface area contributed by atoms with Gasteiger partial charge in [-0.2, -0.15) is 0 Å². The van der Waals surface area contributed by atoms with Crippen LogP contribution in [0.2, 0.25) is 9.36 Å². The number of rotatable bonds is 8. The van der Waals surface area contributed by atoms with E-state index in [2.05, 4.69) is 4.98 Å². The summed E-state index contributed by atoms with van der Waals surface area (Å²) in [6.45, 7) is 0.148. The van der Waals surface area contributed by atoms with Gasteiger partial charge in [0.1, 0.15) is 10.4 Å². The van der Waals surface area contributed by atoms with Gasteiger partial charge >= 0.3 is 11.9 Å². The number of carbonyl (C=O) groups is 3. The number of aromatic nitrogens is 1. The van der Waals surface area contributed by atoms with E-state index in [-0.39, 0.29) is 34.3 Å². The maximum Gasteiger partial charge on any atom is 0.334 e. The number of hydrogen-bond acceptors (Lipinski definition) is 7. The van der Waals surface area contributed by atoms with Crippen LogP contribution in [0.15, 0.2) is 35.7 Å². The number of thiophene rings is 1. The van der Waals surface area contributed by atoms with Crippen molar-refractivity contribution in [2.24, 2.45) is 0 Å². The third-order valence-corrected chi connectivity index (χ3v) is 8.41. The molecule has 2 aromatic rings. The molecule has 0 saturated heterocycles. The molecule has 192 valence electrons. The van der Waals surface area contributed by atoms with Crippen molar-refractivity contribution < 1.29 is 23.9 Å². The number of pyridine rings is 1. The summed E-state index contributed by atoms with van der Waals surface area (Å²) in [6.07, 6.45) is 9.54. The summed E-state index contributed by atoms with van der Waals surface area (Å²) in [7, 11) is 1.30. The van der Waals surface area contributed by atoms with Crippen molar-refractivity contribution in [2.45, 2.75) is 70.4 Å². The van der Waals surface area contributed by atoms with Gasteiger partial charge in [0.05, 0.1) is 30.8 Å². The van der Waals surface area contributed by atoms with Crippen LogP contribution >= 0.6 is 34.5 Å². The fourth-order valence-electron chi connectivity index (χ4n) is 4.65. The first kappa shape index (κ1) is 26.6. The highest BCUT2D eigenvalue weighted by Gasteiger charge is 2.33. The minimum Gasteiger partial charge on any atom is -0.469 e. The molecule has 2 aliphatic carbocycles. The summed E-state index contributed by atoms with van der Waals surface area (Å²) in [6, 6.07) is 3.63. The molecule has 0 aliphatic heterocycles. The van der Waals surface area contributed by atoms with Gasteiger partial charge < -0.3 is 14.4 Å². The number of ether oxygens (including phenoxy) is 2. The smallest absolute Gasteiger partial charge is 0.334 e. The molecule has 2 aromatic heterocycles. The maximum absolute atomic E-state index is 14.1. The normalized spacial score (nSPS) is 16.2. The van der Waals surface area contributed by atoms with Crippen LogP contribution in [-0.4, -0.2) is 36.0 Å². The molecule has 2 aliphatic rings. The van der Waals surface area contributed by atoms with Crippen molar-refractivity contribution in [3.63, 3.8) is 0 Å². The largest absolute Gasteiger partial charge is 0.469 e. The Morgan fingerprint density at radius 2 is 1.83 bits per heavy atom. The molecule has 0 spiro atoms. The van der Waals surface area contributed by atoms with Gasteiger partial charge in [0.2, 0.25) is 0 Å². The first-order valence-corrected chi connectivity index (χ1v) is 13.6. The van der Waals surface area contributed by atoms with E-state index in [4.69, 9.17) is 32.7 Å². The molecule has 36 heavy (non-hydrogen) atoms. The molecule has 4 rings (SSSR count). The lowest BCUT2D eigenvalue weighted by molar-refractivity contribution is -0.144. The second kappa shape index (κ2) is 12.2. The molecule has 0 radical (unpaired) electrons. The summed E-state index contributed by atoms with van der Waals surface area (Å²) in [5.74, 6) is -1.21. The summed E-state index contributed by atoms with van der Waals surface area (Å²) >= 11 is 14.4. The molecular weight excluding hydrogens is 523 g/mol. The first-order chi connectivity index (χ1) is 17.4. The summed E-state index contributed by atoms with van der Waals surface area (Å²) in [4.78, 5) is 45.2. The fourth-order valence-corrected chi connectivity index (χ4v) is 6.51. The van der Waals surface area contributed by atoms with Crippen LogP contribution in [0, 0.1) is 0 Å². The Kier molecular flexibility index (Phi) is 9.04. The van der Waals surface area contributed by atoms with E-state index in [0.717, 1.165) is 55.4 Å². The highest BCUT2D eigenvalue weighted by atomic mass is 35.5. The molecule has 2 heterocycles. The second-order valence-corrected chi connectivity index (χ2v) is 11.0. The molecule has 10 heteroatoms. The van der Waals surface area contributed by atoms with E-state index in [1.165, 1.54) is 12.0 Å². The van der Waals surface area contributed by atoms with Crippen molar-refractivity contribution in [2.75, 3.05) is 12.0 Å². The van der Waals surface area contributed by atoms with E-state index in [1.54, 1.807) is 18.5 Å². The monoisotopic (exact) mass is 550 g/mol. The number of anilines is 1. The lowest BCUT2D eigenvalue weighted by Crippen LogP contribution is -2.34. The van der Waals surface area contributed by atoms with Crippen LogP contribution in [0.25, 0.3) is 0 Å². The Bertz CT molecular complexity index is 1160. The van der Waals surface area contributed by atoms with Gasteiger partial charge in [-0.05, 0) is 63.0 Å². The van der Waals surface area contributed by atoms with E-state index in [1.807, 2.05) is 6.07 Å². The van der Waals surface area contributed by atoms with Gasteiger partial charge in [-0.3, -0.25) is 14.6 Å². The zero-order chi connectivity index (χ0) is 25.7. The van der Waals surface area contributed by atoms with Crippen molar-refractivity contribution in [3.8, 4) is 0 Å². The SMILES string of the molecule is COC(=O)Cc1sc(Cl)c(N(Cc2cccnc2)C(=O)C2=C(C(=O)OC3CCCC3)CCCC2)c1Cl. The number of hydrogen-bond donors (Lipinski definition) is 0. The zero-order valence-corrected chi connectivity index (χ0v) is 22.4. The molecule has 0 bridgehead atoms. The standard InChI is InChI=1S/C26H28Cl2N2O5S/c1-34-21(31)13-20-22(27)23(24(28)36-20)30(15-16-7-6-12-29-14-16)25(32)18-10-4-5-11-19(18)26(33)35-17-8-2-3-9-17/h6-7,12,14,17H,2-5,8-11,13,15H2,1H3. The summed E-state index contributed by atoms with van der Waals surface area (Å²) in [5.41, 5.74) is 1.95. The molecular formula is C26H28Cl2N2O5S. The Balaban J connectivity index is 1.72. The van der Waals surface area contributed by atoms with Crippen LogP contribution in [0.1, 0.15) is 61.8 Å². The van der Waals surface area contributed by atoms with Crippen molar-refractivity contribution >= 4 is 58.1 Å². The molecule has 0 N–H and O–H groups in total. The highest BCUT2D eigenvalue weighted by molar-refractivity contribution is 7.17.